The van der Waals surface area contributed by atoms with Gasteiger partial charge in [0.25, 0.3) is 0 Å². The van der Waals surface area contributed by atoms with E-state index in [0.717, 1.165) is 12.1 Å². The van der Waals surface area contributed by atoms with Crippen LogP contribution < -0.4 is 10.6 Å². The first kappa shape index (κ1) is 15.8. The predicted octanol–water partition coefficient (Wildman–Crippen LogP) is 2.34. The molecule has 10 heteroatoms. The summed E-state index contributed by atoms with van der Waals surface area (Å²) < 4.78 is 44.4. The van der Waals surface area contributed by atoms with Crippen LogP contribution in [0, 0.1) is 0 Å². The van der Waals surface area contributed by atoms with Gasteiger partial charge in [0.15, 0.2) is 11.5 Å². The molecular formula is C14H12F3N5O2. The average Bonchev–Trinajstić information content (AvgIpc) is 3.19. The lowest BCUT2D eigenvalue weighted by molar-refractivity contribution is -0.137. The van der Waals surface area contributed by atoms with Gasteiger partial charge >= 0.3 is 12.2 Å². The van der Waals surface area contributed by atoms with Crippen molar-refractivity contribution in [1.82, 2.24) is 25.2 Å². The Balaban J connectivity index is 1.62. The quantitative estimate of drug-likeness (QED) is 0.764. The maximum Gasteiger partial charge on any atom is 0.416 e. The van der Waals surface area contributed by atoms with Gasteiger partial charge < -0.3 is 15.1 Å². The standard InChI is InChI=1S/C14H12F3N5O2/c15-14(16,17)9-3-4-22-11(6-9)20-21-12(22)8-19-13(23)18-7-10-2-1-5-24-10/h1-6H,7-8H2,(H2,18,19,23). The molecule has 2 N–H and O–H groups in total. The van der Waals surface area contributed by atoms with Gasteiger partial charge in [0.2, 0.25) is 0 Å². The molecule has 0 aliphatic carbocycles. The molecule has 0 atom stereocenters. The summed E-state index contributed by atoms with van der Waals surface area (Å²) in [5.74, 6) is 0.907. The lowest BCUT2D eigenvalue weighted by atomic mass is 10.2. The lowest BCUT2D eigenvalue weighted by Crippen LogP contribution is -2.34. The molecule has 0 bridgehead atoms. The second-order valence-corrected chi connectivity index (χ2v) is 4.87. The van der Waals surface area contributed by atoms with Gasteiger partial charge in [-0.2, -0.15) is 13.2 Å². The second kappa shape index (κ2) is 6.22. The molecule has 2 amide bonds. The van der Waals surface area contributed by atoms with Crippen LogP contribution in [-0.2, 0) is 19.3 Å². The molecule has 0 aromatic carbocycles. The number of carbonyl (C=O) groups excluding carboxylic acids is 1. The third kappa shape index (κ3) is 3.47. The number of hydrogen-bond donors (Lipinski definition) is 2. The number of urea groups is 1. The number of aromatic nitrogens is 3. The average molecular weight is 339 g/mol. The molecule has 126 valence electrons. The van der Waals surface area contributed by atoms with Crippen LogP contribution in [0.5, 0.6) is 0 Å². The van der Waals surface area contributed by atoms with Gasteiger partial charge in [-0.15, -0.1) is 10.2 Å². The Labute approximate surface area is 133 Å². The molecule has 0 aliphatic rings. The minimum Gasteiger partial charge on any atom is -0.467 e. The Morgan fingerprint density at radius 2 is 2.00 bits per heavy atom. The summed E-state index contributed by atoms with van der Waals surface area (Å²) in [6.45, 7) is 0.227. The van der Waals surface area contributed by atoms with Crippen LogP contribution >= 0.6 is 0 Å². The molecule has 0 saturated heterocycles. The van der Waals surface area contributed by atoms with E-state index < -0.39 is 17.8 Å². The van der Waals surface area contributed by atoms with E-state index >= 15 is 0 Å². The maximum atomic E-state index is 12.6. The number of furan rings is 1. The summed E-state index contributed by atoms with van der Waals surface area (Å²) in [6.07, 6.45) is -1.74. The SMILES string of the molecule is O=C(NCc1ccco1)NCc1nnc2cc(C(F)(F)F)ccn12. The molecule has 7 nitrogen and oxygen atoms in total. The molecule has 0 unspecified atom stereocenters. The van der Waals surface area contributed by atoms with Gasteiger partial charge in [-0.05, 0) is 24.3 Å². The largest absolute Gasteiger partial charge is 0.467 e. The Morgan fingerprint density at radius 3 is 2.71 bits per heavy atom. The molecule has 0 aliphatic heterocycles. The minimum atomic E-state index is -4.45. The van der Waals surface area contributed by atoms with Crippen molar-refractivity contribution >= 4 is 11.7 Å². The predicted molar refractivity (Wildman–Crippen MR) is 75.8 cm³/mol. The molecule has 0 spiro atoms. The van der Waals surface area contributed by atoms with E-state index in [4.69, 9.17) is 4.42 Å². The molecule has 3 aromatic heterocycles. The summed E-state index contributed by atoms with van der Waals surface area (Å²) in [7, 11) is 0. The minimum absolute atomic E-state index is 0.0104. The fourth-order valence-electron chi connectivity index (χ4n) is 2.04. The van der Waals surface area contributed by atoms with Gasteiger partial charge in [-0.3, -0.25) is 4.40 Å². The number of pyridine rings is 1. The summed E-state index contributed by atoms with van der Waals surface area (Å²) >= 11 is 0. The molecular weight excluding hydrogens is 327 g/mol. The molecule has 0 radical (unpaired) electrons. The number of fused-ring (bicyclic) bond motifs is 1. The van der Waals surface area contributed by atoms with Crippen molar-refractivity contribution < 1.29 is 22.4 Å². The van der Waals surface area contributed by atoms with Crippen molar-refractivity contribution in [1.29, 1.82) is 0 Å². The Hall–Kier alpha value is -3.04. The lowest BCUT2D eigenvalue weighted by Gasteiger charge is -2.07. The van der Waals surface area contributed by atoms with Crippen LogP contribution in [0.1, 0.15) is 17.1 Å². The highest BCUT2D eigenvalue weighted by atomic mass is 19.4. The number of halogens is 3. The molecule has 0 fully saturated rings. The number of alkyl halides is 3. The molecule has 3 aromatic rings. The van der Waals surface area contributed by atoms with Gasteiger partial charge in [0.1, 0.15) is 5.76 Å². The zero-order chi connectivity index (χ0) is 17.2. The highest BCUT2D eigenvalue weighted by Gasteiger charge is 2.31. The Morgan fingerprint density at radius 1 is 1.21 bits per heavy atom. The molecule has 0 saturated carbocycles. The first-order valence-corrected chi connectivity index (χ1v) is 6.88. The van der Waals surface area contributed by atoms with E-state index in [0.29, 0.717) is 11.6 Å². The summed E-state index contributed by atoms with van der Waals surface area (Å²) in [5, 5.41) is 12.6. The van der Waals surface area contributed by atoms with Gasteiger partial charge in [0.05, 0.1) is 24.9 Å². The van der Waals surface area contributed by atoms with Crippen molar-refractivity contribution in [3.63, 3.8) is 0 Å². The normalized spacial score (nSPS) is 11.6. The number of carbonyl (C=O) groups is 1. The Bertz CT molecular complexity index is 842. The summed E-state index contributed by atoms with van der Waals surface area (Å²) in [6, 6.07) is 4.77. The molecule has 24 heavy (non-hydrogen) atoms. The van der Waals surface area contributed by atoms with E-state index in [1.165, 1.54) is 16.9 Å². The van der Waals surface area contributed by atoms with Crippen molar-refractivity contribution in [2.75, 3.05) is 0 Å². The third-order valence-corrected chi connectivity index (χ3v) is 3.22. The van der Waals surface area contributed by atoms with Crippen LogP contribution in [0.4, 0.5) is 18.0 Å². The molecule has 3 rings (SSSR count). The zero-order valence-electron chi connectivity index (χ0n) is 12.2. The van der Waals surface area contributed by atoms with Crippen molar-refractivity contribution in [3.05, 3.63) is 53.9 Å². The zero-order valence-corrected chi connectivity index (χ0v) is 12.2. The van der Waals surface area contributed by atoms with Crippen LogP contribution in [0.15, 0.2) is 41.1 Å². The van der Waals surface area contributed by atoms with E-state index in [2.05, 4.69) is 20.8 Å². The first-order valence-electron chi connectivity index (χ1n) is 6.88. The fourth-order valence-corrected chi connectivity index (χ4v) is 2.04. The van der Waals surface area contributed by atoms with E-state index in [-0.39, 0.29) is 18.7 Å². The van der Waals surface area contributed by atoms with Crippen LogP contribution in [0.25, 0.3) is 5.65 Å². The maximum absolute atomic E-state index is 12.6. The Kier molecular flexibility index (Phi) is 4.11. The van der Waals surface area contributed by atoms with E-state index in [1.54, 1.807) is 12.1 Å². The summed E-state index contributed by atoms with van der Waals surface area (Å²) in [5.41, 5.74) is -0.754. The number of hydrogen-bond acceptors (Lipinski definition) is 4. The monoisotopic (exact) mass is 339 g/mol. The van der Waals surface area contributed by atoms with Crippen molar-refractivity contribution in [2.45, 2.75) is 19.3 Å². The summed E-state index contributed by atoms with van der Waals surface area (Å²) in [4.78, 5) is 11.7. The first-order chi connectivity index (χ1) is 11.4. The smallest absolute Gasteiger partial charge is 0.416 e. The van der Waals surface area contributed by atoms with Crippen LogP contribution in [-0.4, -0.2) is 20.6 Å². The number of nitrogens with zero attached hydrogens (tertiary/aromatic N) is 3. The van der Waals surface area contributed by atoms with E-state index in [1.807, 2.05) is 0 Å². The van der Waals surface area contributed by atoms with Gasteiger partial charge in [-0.1, -0.05) is 0 Å². The molecule has 3 heterocycles. The number of nitrogens with one attached hydrogen (secondary N) is 2. The fraction of sp³-hybridized carbons (Fsp3) is 0.214. The topological polar surface area (TPSA) is 84.5 Å². The van der Waals surface area contributed by atoms with Crippen molar-refractivity contribution in [2.24, 2.45) is 0 Å². The van der Waals surface area contributed by atoms with Gasteiger partial charge in [-0.25, -0.2) is 4.79 Å². The number of rotatable bonds is 4. The van der Waals surface area contributed by atoms with E-state index in [9.17, 15) is 18.0 Å². The third-order valence-electron chi connectivity index (χ3n) is 3.22. The van der Waals surface area contributed by atoms with Crippen LogP contribution in [0.2, 0.25) is 0 Å². The van der Waals surface area contributed by atoms with Crippen molar-refractivity contribution in [3.8, 4) is 0 Å². The highest BCUT2D eigenvalue weighted by molar-refractivity contribution is 5.73. The van der Waals surface area contributed by atoms with Gasteiger partial charge in [0, 0.05) is 6.20 Å². The highest BCUT2D eigenvalue weighted by Crippen LogP contribution is 2.29. The number of amides is 2. The van der Waals surface area contributed by atoms with Crippen LogP contribution in [0.3, 0.4) is 0 Å². The second-order valence-electron chi connectivity index (χ2n) is 4.87.